The molecule has 2 N–H and O–H groups in total. The largest absolute Gasteiger partial charge is 0.372 e. The molecule has 0 atom stereocenters. The van der Waals surface area contributed by atoms with Gasteiger partial charge in [-0.1, -0.05) is 18.2 Å². The second-order valence-corrected chi connectivity index (χ2v) is 3.96. The first-order chi connectivity index (χ1) is 8.24. The number of rotatable bonds is 2. The van der Waals surface area contributed by atoms with E-state index in [2.05, 4.69) is 41.0 Å². The molecular formula is C13H19N2O2. The van der Waals surface area contributed by atoms with Gasteiger partial charge in [-0.15, -0.1) is 0 Å². The highest BCUT2D eigenvalue weighted by atomic mass is 16.4. The Hall–Kier alpha value is -1.55. The molecule has 0 bridgehead atoms. The normalized spacial score (nSPS) is 14.8. The molecule has 1 radical (unpaired) electrons. The molecule has 4 nitrogen and oxygen atoms in total. The minimum Gasteiger partial charge on any atom is -0.372 e. The molecule has 1 saturated heterocycles. The highest BCUT2D eigenvalue weighted by Gasteiger charge is 2.09. The Morgan fingerprint density at radius 1 is 1.12 bits per heavy atom. The lowest BCUT2D eigenvalue weighted by Crippen LogP contribution is -2.29. The Morgan fingerprint density at radius 2 is 1.65 bits per heavy atom. The minimum absolute atomic E-state index is 0.389. The fourth-order valence-electron chi connectivity index (χ4n) is 1.79. The smallest absolute Gasteiger partial charge is 0.368 e. The van der Waals surface area contributed by atoms with Crippen molar-refractivity contribution in [3.8, 4) is 0 Å². The van der Waals surface area contributed by atoms with Gasteiger partial charge >= 0.3 is 5.97 Å². The molecule has 0 saturated carbocycles. The Labute approximate surface area is 102 Å². The number of hydrogen-bond donors (Lipinski definition) is 1. The average molecular weight is 235 g/mol. The van der Waals surface area contributed by atoms with Gasteiger partial charge in [-0.3, -0.25) is 0 Å². The highest BCUT2D eigenvalue weighted by Crippen LogP contribution is 2.18. The predicted octanol–water partition coefficient (Wildman–Crippen LogP) is 1.58. The molecule has 1 fully saturated rings. The zero-order chi connectivity index (χ0) is 12.5. The third-order valence-corrected chi connectivity index (χ3v) is 2.64. The Bertz CT molecular complexity index is 321. The van der Waals surface area contributed by atoms with E-state index < -0.39 is 5.97 Å². The van der Waals surface area contributed by atoms with Crippen LogP contribution in [0.4, 0.5) is 5.69 Å². The summed E-state index contributed by atoms with van der Waals surface area (Å²) in [5.74, 6) is -1.22. The van der Waals surface area contributed by atoms with Crippen LogP contribution in [0.1, 0.15) is 19.3 Å². The van der Waals surface area contributed by atoms with Crippen LogP contribution in [0.2, 0.25) is 0 Å². The molecule has 0 spiro atoms. The van der Waals surface area contributed by atoms with Crippen molar-refractivity contribution in [2.24, 2.45) is 5.73 Å². The Balaban J connectivity index is 0.000000249. The monoisotopic (exact) mass is 235 g/mol. The Morgan fingerprint density at radius 3 is 2.12 bits per heavy atom. The van der Waals surface area contributed by atoms with Gasteiger partial charge in [-0.05, 0) is 31.4 Å². The first-order valence-electron chi connectivity index (χ1n) is 5.94. The fraction of sp³-hybridized carbons (Fsp3) is 0.462. The van der Waals surface area contributed by atoms with Gasteiger partial charge in [-0.25, -0.2) is 9.90 Å². The van der Waals surface area contributed by atoms with Crippen LogP contribution in [0.25, 0.3) is 0 Å². The zero-order valence-electron chi connectivity index (χ0n) is 9.97. The number of piperidine rings is 1. The maximum Gasteiger partial charge on any atom is 0.368 e. The number of nitrogens with zero attached hydrogens (tertiary/aromatic N) is 1. The maximum atomic E-state index is 9.13. The van der Waals surface area contributed by atoms with E-state index in [1.54, 1.807) is 0 Å². The van der Waals surface area contributed by atoms with E-state index in [1.165, 1.54) is 38.0 Å². The lowest BCUT2D eigenvalue weighted by atomic mass is 10.1. The van der Waals surface area contributed by atoms with Crippen LogP contribution < -0.4 is 10.6 Å². The first-order valence-corrected chi connectivity index (χ1v) is 5.94. The zero-order valence-corrected chi connectivity index (χ0v) is 9.97. The molecule has 1 aromatic rings. The van der Waals surface area contributed by atoms with Crippen molar-refractivity contribution in [3.05, 3.63) is 30.3 Å². The van der Waals surface area contributed by atoms with Gasteiger partial charge in [0.1, 0.15) is 0 Å². The average Bonchev–Trinajstić information content (AvgIpc) is 2.41. The van der Waals surface area contributed by atoms with Crippen LogP contribution in [-0.2, 0) is 9.90 Å². The summed E-state index contributed by atoms with van der Waals surface area (Å²) in [7, 11) is 0. The lowest BCUT2D eigenvalue weighted by molar-refractivity contribution is -0.141. The summed E-state index contributed by atoms with van der Waals surface area (Å²) < 4.78 is 0. The van der Waals surface area contributed by atoms with Crippen LogP contribution in [-0.4, -0.2) is 25.6 Å². The highest BCUT2D eigenvalue weighted by molar-refractivity contribution is 5.68. The summed E-state index contributed by atoms with van der Waals surface area (Å²) in [6, 6.07) is 10.7. The Kier molecular flexibility index (Phi) is 6.10. The van der Waals surface area contributed by atoms with Crippen LogP contribution in [0.5, 0.6) is 0 Å². The number of hydrogen-bond acceptors (Lipinski definition) is 3. The van der Waals surface area contributed by atoms with Crippen molar-refractivity contribution in [1.29, 1.82) is 0 Å². The second kappa shape index (κ2) is 7.68. The summed E-state index contributed by atoms with van der Waals surface area (Å²) in [5, 5.41) is 9.13. The third kappa shape index (κ3) is 5.36. The molecule has 0 aromatic heterocycles. The molecule has 0 unspecified atom stereocenters. The molecule has 4 heteroatoms. The van der Waals surface area contributed by atoms with E-state index in [9.17, 15) is 0 Å². The minimum atomic E-state index is -1.22. The SMILES string of the molecule is NCC([O])=O.c1ccc(N2CCCCC2)cc1. The third-order valence-electron chi connectivity index (χ3n) is 2.64. The molecule has 93 valence electrons. The molecule has 1 aromatic carbocycles. The van der Waals surface area contributed by atoms with E-state index in [4.69, 9.17) is 9.90 Å². The van der Waals surface area contributed by atoms with Crippen LogP contribution in [0.15, 0.2) is 30.3 Å². The first kappa shape index (κ1) is 13.5. The topological polar surface area (TPSA) is 66.2 Å². The van der Waals surface area contributed by atoms with Gasteiger partial charge in [0.05, 0.1) is 6.54 Å². The van der Waals surface area contributed by atoms with Gasteiger partial charge < -0.3 is 10.6 Å². The molecule has 0 aliphatic carbocycles. The van der Waals surface area contributed by atoms with Crippen molar-refractivity contribution < 1.29 is 9.90 Å². The number of para-hydroxylation sites is 1. The quantitative estimate of drug-likeness (QED) is 0.846. The van der Waals surface area contributed by atoms with Crippen LogP contribution in [0, 0.1) is 0 Å². The molecule has 17 heavy (non-hydrogen) atoms. The summed E-state index contributed by atoms with van der Waals surface area (Å²) in [4.78, 5) is 11.6. The molecule has 1 heterocycles. The van der Waals surface area contributed by atoms with E-state index in [1.807, 2.05) is 0 Å². The summed E-state index contributed by atoms with van der Waals surface area (Å²) in [6.07, 6.45) is 4.12. The number of nitrogens with two attached hydrogens (primary N) is 1. The van der Waals surface area contributed by atoms with E-state index in [0.717, 1.165) is 0 Å². The van der Waals surface area contributed by atoms with Crippen molar-refractivity contribution in [3.63, 3.8) is 0 Å². The summed E-state index contributed by atoms with van der Waals surface area (Å²) in [6.45, 7) is 2.09. The molecule has 2 rings (SSSR count). The van der Waals surface area contributed by atoms with E-state index in [-0.39, 0.29) is 6.54 Å². The fourth-order valence-corrected chi connectivity index (χ4v) is 1.79. The van der Waals surface area contributed by atoms with Crippen LogP contribution in [0.3, 0.4) is 0 Å². The van der Waals surface area contributed by atoms with E-state index in [0.29, 0.717) is 0 Å². The van der Waals surface area contributed by atoms with Gasteiger partial charge in [0.15, 0.2) is 0 Å². The maximum absolute atomic E-state index is 9.13. The van der Waals surface area contributed by atoms with Crippen molar-refractivity contribution >= 4 is 11.7 Å². The van der Waals surface area contributed by atoms with Crippen LogP contribution >= 0.6 is 0 Å². The number of carbonyl (C=O) groups excluding carboxylic acids is 1. The lowest BCUT2D eigenvalue weighted by Gasteiger charge is -2.28. The van der Waals surface area contributed by atoms with Gasteiger partial charge in [-0.2, -0.15) is 0 Å². The van der Waals surface area contributed by atoms with E-state index >= 15 is 0 Å². The molecule has 1 aliphatic rings. The predicted molar refractivity (Wildman–Crippen MR) is 67.3 cm³/mol. The number of benzene rings is 1. The van der Waals surface area contributed by atoms with Gasteiger partial charge in [0.25, 0.3) is 0 Å². The van der Waals surface area contributed by atoms with Gasteiger partial charge in [0, 0.05) is 18.8 Å². The second-order valence-electron chi connectivity index (χ2n) is 3.96. The standard InChI is InChI=1S/C11H15N.C2H4NO2/c1-3-7-11(8-4-1)12-9-5-2-6-10-12;3-1-2(4)5/h1,3-4,7-8H,2,5-6,9-10H2;1,3H2. The summed E-state index contributed by atoms with van der Waals surface area (Å²) >= 11 is 0. The molecular weight excluding hydrogens is 216 g/mol. The van der Waals surface area contributed by atoms with Crippen molar-refractivity contribution in [2.45, 2.75) is 19.3 Å². The number of carbonyl (C=O) groups is 1. The van der Waals surface area contributed by atoms with Crippen molar-refractivity contribution in [1.82, 2.24) is 0 Å². The van der Waals surface area contributed by atoms with Crippen molar-refractivity contribution in [2.75, 3.05) is 24.5 Å². The molecule has 0 amide bonds. The summed E-state index contributed by atoms with van der Waals surface area (Å²) in [5.41, 5.74) is 5.90. The van der Waals surface area contributed by atoms with Gasteiger partial charge in [0.2, 0.25) is 0 Å². The number of anilines is 1. The molecule has 1 aliphatic heterocycles.